The predicted molar refractivity (Wildman–Crippen MR) is 103 cm³/mol. The molecule has 1 saturated carbocycles. The molecule has 4 rings (SSSR count). The summed E-state index contributed by atoms with van der Waals surface area (Å²) in [6.07, 6.45) is 11.2. The molecule has 1 aliphatic heterocycles. The number of allylic oxidation sites excluding steroid dienone is 4. The molecule has 0 unspecified atom stereocenters. The van der Waals surface area contributed by atoms with Gasteiger partial charge in [-0.3, -0.25) is 0 Å². The fourth-order valence-corrected chi connectivity index (χ4v) is 5.15. The maximum absolute atomic E-state index is 11.3. The van der Waals surface area contributed by atoms with Gasteiger partial charge in [0.1, 0.15) is 6.79 Å². The molecule has 26 heavy (non-hydrogen) atoms. The number of hydrogen-bond donors (Lipinski definition) is 1. The first kappa shape index (κ1) is 20.1. The topological polar surface area (TPSA) is 51.2 Å². The summed E-state index contributed by atoms with van der Waals surface area (Å²) in [7, 11) is 1.64. The van der Waals surface area contributed by atoms with Crippen molar-refractivity contribution in [3.05, 3.63) is 23.3 Å². The number of rotatable bonds is 3. The molecule has 4 nitrogen and oxygen atoms in total. The maximum atomic E-state index is 11.3. The van der Waals surface area contributed by atoms with E-state index in [1.54, 1.807) is 7.11 Å². The second-order valence-corrected chi connectivity index (χ2v) is 8.99. The monoisotopic (exact) mass is 364 g/mol. The minimum atomic E-state index is -0.507. The van der Waals surface area contributed by atoms with Gasteiger partial charge < -0.3 is 19.3 Å². The van der Waals surface area contributed by atoms with E-state index in [2.05, 4.69) is 32.9 Å². The van der Waals surface area contributed by atoms with Gasteiger partial charge in [-0.1, -0.05) is 30.2 Å². The van der Waals surface area contributed by atoms with Gasteiger partial charge in [0, 0.05) is 13.0 Å². The van der Waals surface area contributed by atoms with Crippen LogP contribution in [-0.4, -0.2) is 43.4 Å². The minimum absolute atomic E-state index is 0.100. The van der Waals surface area contributed by atoms with E-state index < -0.39 is 6.10 Å². The smallest absolute Gasteiger partial charge is 0.146 e. The zero-order valence-electron chi connectivity index (χ0n) is 16.9. The van der Waals surface area contributed by atoms with Crippen LogP contribution in [0.4, 0.5) is 0 Å². The molecule has 0 amide bonds. The lowest BCUT2D eigenvalue weighted by atomic mass is 9.60. The average Bonchev–Trinajstić information content (AvgIpc) is 3.33. The molecule has 4 aliphatic rings. The van der Waals surface area contributed by atoms with Crippen LogP contribution in [0.15, 0.2) is 23.3 Å². The van der Waals surface area contributed by atoms with E-state index in [4.69, 9.17) is 14.2 Å². The Labute approximate surface area is 158 Å². The SMILES string of the molecule is COCO[C@H]1[C@@H](O)[C@H]2CCC(C)=CCC/C(C)=C/CC[C@@]1(C)C[C@@]21CO1. The molecular weight excluding hydrogens is 328 g/mol. The van der Waals surface area contributed by atoms with Crippen molar-refractivity contribution in [3.63, 3.8) is 0 Å². The highest BCUT2D eigenvalue weighted by molar-refractivity contribution is 5.15. The zero-order chi connectivity index (χ0) is 18.8. The molecule has 4 heteroatoms. The van der Waals surface area contributed by atoms with E-state index in [1.165, 1.54) is 11.1 Å². The largest absolute Gasteiger partial charge is 0.390 e. The molecule has 1 saturated heterocycles. The maximum Gasteiger partial charge on any atom is 0.146 e. The molecule has 0 radical (unpaired) electrons. The van der Waals surface area contributed by atoms with Gasteiger partial charge in [0.05, 0.1) is 24.4 Å². The van der Waals surface area contributed by atoms with Crippen LogP contribution in [0, 0.1) is 11.3 Å². The molecule has 0 aromatic rings. The van der Waals surface area contributed by atoms with Gasteiger partial charge in [-0.15, -0.1) is 0 Å². The van der Waals surface area contributed by atoms with Gasteiger partial charge in [0.25, 0.3) is 0 Å². The summed E-state index contributed by atoms with van der Waals surface area (Å²) in [4.78, 5) is 0. The van der Waals surface area contributed by atoms with E-state index >= 15 is 0 Å². The molecule has 3 aliphatic carbocycles. The van der Waals surface area contributed by atoms with E-state index in [0.29, 0.717) is 0 Å². The van der Waals surface area contributed by atoms with Crippen molar-refractivity contribution in [2.24, 2.45) is 11.3 Å². The highest BCUT2D eigenvalue weighted by Crippen LogP contribution is 2.57. The van der Waals surface area contributed by atoms with Crippen molar-refractivity contribution in [2.45, 2.75) is 83.5 Å². The van der Waals surface area contributed by atoms with Crippen molar-refractivity contribution < 1.29 is 19.3 Å². The Bertz CT molecular complexity index is 548. The van der Waals surface area contributed by atoms with Gasteiger partial charge in [-0.05, 0) is 64.2 Å². The number of fused-ring (bicyclic) bond motifs is 8. The number of methoxy groups -OCH3 is 1. The van der Waals surface area contributed by atoms with E-state index in [1.807, 2.05) is 0 Å². The second-order valence-electron chi connectivity index (χ2n) is 8.99. The number of ether oxygens (including phenoxy) is 3. The summed E-state index contributed by atoms with van der Waals surface area (Å²) in [6, 6.07) is 0. The molecule has 0 aromatic carbocycles. The molecule has 0 aromatic heterocycles. The first-order chi connectivity index (χ1) is 12.4. The quantitative estimate of drug-likeness (QED) is 0.459. The number of aliphatic hydroxyl groups is 1. The lowest BCUT2D eigenvalue weighted by molar-refractivity contribution is -0.203. The van der Waals surface area contributed by atoms with Crippen LogP contribution in [0.1, 0.15) is 65.7 Å². The summed E-state index contributed by atoms with van der Waals surface area (Å²) in [6.45, 7) is 7.71. The lowest BCUT2D eigenvalue weighted by Crippen LogP contribution is -2.58. The fourth-order valence-electron chi connectivity index (χ4n) is 5.15. The molecule has 148 valence electrons. The zero-order valence-corrected chi connectivity index (χ0v) is 16.9. The first-order valence-corrected chi connectivity index (χ1v) is 10.1. The van der Waals surface area contributed by atoms with Crippen LogP contribution < -0.4 is 0 Å². The molecule has 2 fully saturated rings. The van der Waals surface area contributed by atoms with E-state index in [0.717, 1.165) is 51.6 Å². The normalized spacial score (nSPS) is 43.5. The Morgan fingerprint density at radius 3 is 2.58 bits per heavy atom. The summed E-state index contributed by atoms with van der Waals surface area (Å²) in [5.41, 5.74) is 2.62. The second kappa shape index (κ2) is 8.14. The number of epoxide rings is 1. The first-order valence-electron chi connectivity index (χ1n) is 10.1. The predicted octanol–water partition coefficient (Wildman–Crippen LogP) is 4.38. The Morgan fingerprint density at radius 1 is 1.19 bits per heavy atom. The molecule has 1 spiro atoms. The molecular formula is C22H36O4. The van der Waals surface area contributed by atoms with Crippen LogP contribution in [0.3, 0.4) is 0 Å². The van der Waals surface area contributed by atoms with Gasteiger partial charge in [-0.25, -0.2) is 0 Å². The fraction of sp³-hybridized carbons (Fsp3) is 0.818. The summed E-state index contributed by atoms with van der Waals surface area (Å²) in [5.74, 6) is 0.140. The van der Waals surface area contributed by atoms with Crippen LogP contribution in [-0.2, 0) is 14.2 Å². The average molecular weight is 365 g/mol. The lowest BCUT2D eigenvalue weighted by Gasteiger charge is -2.50. The van der Waals surface area contributed by atoms with Crippen LogP contribution in [0.2, 0.25) is 0 Å². The van der Waals surface area contributed by atoms with Crippen molar-refractivity contribution >= 4 is 0 Å². The summed E-state index contributed by atoms with van der Waals surface area (Å²) in [5, 5.41) is 11.3. The molecule has 1 N–H and O–H groups in total. The molecule has 5 atom stereocenters. The molecule has 2 bridgehead atoms. The van der Waals surface area contributed by atoms with Gasteiger partial charge in [-0.2, -0.15) is 0 Å². The van der Waals surface area contributed by atoms with Gasteiger partial charge in [0.15, 0.2) is 0 Å². The van der Waals surface area contributed by atoms with Crippen molar-refractivity contribution in [2.75, 3.05) is 20.5 Å². The van der Waals surface area contributed by atoms with E-state index in [9.17, 15) is 5.11 Å². The van der Waals surface area contributed by atoms with Crippen molar-refractivity contribution in [3.8, 4) is 0 Å². The highest BCUT2D eigenvalue weighted by Gasteiger charge is 2.64. The van der Waals surface area contributed by atoms with Gasteiger partial charge in [0.2, 0.25) is 0 Å². The standard InChI is InChI=1S/C22H36O4/c1-16-7-5-8-17(2)10-11-18-19(23)20(25-15-24-4)21(3,12-6-9-16)13-22(18)14-26-22/h8-9,18-20,23H,5-7,10-15H2,1-4H3/b16-9+,17-8?/t18-,19+,20+,21+,22-/m1/s1. The van der Waals surface area contributed by atoms with Crippen molar-refractivity contribution in [1.82, 2.24) is 0 Å². The minimum Gasteiger partial charge on any atom is -0.390 e. The Balaban J connectivity index is 1.89. The molecule has 1 heterocycles. The summed E-state index contributed by atoms with van der Waals surface area (Å²) < 4.78 is 17.2. The summed E-state index contributed by atoms with van der Waals surface area (Å²) >= 11 is 0. The third-order valence-electron chi connectivity index (χ3n) is 6.76. The van der Waals surface area contributed by atoms with E-state index in [-0.39, 0.29) is 29.8 Å². The highest BCUT2D eigenvalue weighted by atomic mass is 16.7. The van der Waals surface area contributed by atoms with Gasteiger partial charge >= 0.3 is 0 Å². The Morgan fingerprint density at radius 2 is 1.88 bits per heavy atom. The Hall–Kier alpha value is -0.680. The Kier molecular flexibility index (Phi) is 6.28. The van der Waals surface area contributed by atoms with Crippen LogP contribution in [0.25, 0.3) is 0 Å². The van der Waals surface area contributed by atoms with Crippen LogP contribution in [0.5, 0.6) is 0 Å². The van der Waals surface area contributed by atoms with Crippen LogP contribution >= 0.6 is 0 Å². The third-order valence-corrected chi connectivity index (χ3v) is 6.76. The van der Waals surface area contributed by atoms with Crippen molar-refractivity contribution in [1.29, 1.82) is 0 Å². The third kappa shape index (κ3) is 4.24. The number of hydrogen-bond acceptors (Lipinski definition) is 4. The number of aliphatic hydroxyl groups excluding tert-OH is 1.